The molecule has 0 aromatic rings. The van der Waals surface area contributed by atoms with E-state index in [1.807, 2.05) is 0 Å². The summed E-state index contributed by atoms with van der Waals surface area (Å²) in [6.45, 7) is 1.29. The van der Waals surface area contributed by atoms with Gasteiger partial charge in [0.25, 0.3) is 5.91 Å². The van der Waals surface area contributed by atoms with Crippen molar-refractivity contribution in [3.05, 3.63) is 0 Å². The van der Waals surface area contributed by atoms with Crippen molar-refractivity contribution < 1.29 is 23.9 Å². The first-order valence-corrected chi connectivity index (χ1v) is 4.73. The van der Waals surface area contributed by atoms with Crippen LogP contribution < -0.4 is 10.8 Å². The minimum Gasteiger partial charge on any atom is -0.434 e. The smallest absolute Gasteiger partial charge is 0.408 e. The highest BCUT2D eigenvalue weighted by molar-refractivity contribution is 5.85. The molecule has 2 aliphatic rings. The molecule has 15 heavy (non-hydrogen) atoms. The van der Waals surface area contributed by atoms with Crippen molar-refractivity contribution in [1.82, 2.24) is 10.8 Å². The van der Waals surface area contributed by atoms with Crippen LogP contribution >= 0.6 is 0 Å². The average Bonchev–Trinajstić information content (AvgIpc) is 2.84. The van der Waals surface area contributed by atoms with Crippen molar-refractivity contribution in [3.8, 4) is 0 Å². The Kier molecular flexibility index (Phi) is 3.02. The molecule has 2 amide bonds. The standard InChI is InChI=1S/C8H12N2O5/c11-7(6-3-9-8(12)14-6)10-15-5-1-2-13-4-5/h5-6H,1-4H2,(H,9,12)(H,10,11)/t5?,6-/m0/s1. The van der Waals surface area contributed by atoms with Gasteiger partial charge in [-0.05, 0) is 0 Å². The normalized spacial score (nSPS) is 29.7. The van der Waals surface area contributed by atoms with Crippen molar-refractivity contribution in [2.75, 3.05) is 19.8 Å². The van der Waals surface area contributed by atoms with Crippen LogP contribution in [0.25, 0.3) is 0 Å². The number of ether oxygens (including phenoxy) is 2. The Labute approximate surface area is 86.0 Å². The number of carbonyl (C=O) groups is 2. The van der Waals surface area contributed by atoms with Gasteiger partial charge in [0.05, 0.1) is 13.2 Å². The summed E-state index contributed by atoms with van der Waals surface area (Å²) in [5, 5.41) is 2.38. The number of cyclic esters (lactones) is 1. The maximum absolute atomic E-state index is 11.4. The largest absolute Gasteiger partial charge is 0.434 e. The molecule has 2 N–H and O–H groups in total. The van der Waals surface area contributed by atoms with Crippen LogP contribution in [0.4, 0.5) is 4.79 Å². The zero-order valence-corrected chi connectivity index (χ0v) is 8.02. The number of hydroxylamine groups is 1. The van der Waals surface area contributed by atoms with Crippen LogP contribution in [-0.4, -0.2) is 44.0 Å². The fourth-order valence-electron chi connectivity index (χ4n) is 1.35. The molecule has 2 fully saturated rings. The third kappa shape index (κ3) is 2.57. The second-order valence-electron chi connectivity index (χ2n) is 3.34. The molecule has 0 bridgehead atoms. The van der Waals surface area contributed by atoms with Crippen molar-refractivity contribution in [1.29, 1.82) is 0 Å². The molecule has 1 unspecified atom stereocenters. The van der Waals surface area contributed by atoms with E-state index in [4.69, 9.17) is 9.57 Å². The highest BCUT2D eigenvalue weighted by Gasteiger charge is 2.30. The fraction of sp³-hybridized carbons (Fsp3) is 0.750. The molecule has 2 rings (SSSR count). The van der Waals surface area contributed by atoms with Crippen molar-refractivity contribution in [2.45, 2.75) is 18.6 Å². The topological polar surface area (TPSA) is 85.9 Å². The lowest BCUT2D eigenvalue weighted by molar-refractivity contribution is -0.145. The SMILES string of the molecule is O=C1NC[C@@H](C(=O)NOC2CCOC2)O1. The number of rotatable bonds is 3. The van der Waals surface area contributed by atoms with Gasteiger partial charge in [0.15, 0.2) is 0 Å². The first-order valence-electron chi connectivity index (χ1n) is 4.73. The van der Waals surface area contributed by atoms with E-state index in [9.17, 15) is 9.59 Å². The molecule has 7 heteroatoms. The van der Waals surface area contributed by atoms with Crippen molar-refractivity contribution >= 4 is 12.0 Å². The summed E-state index contributed by atoms with van der Waals surface area (Å²) in [7, 11) is 0. The van der Waals surface area contributed by atoms with E-state index in [0.717, 1.165) is 6.42 Å². The van der Waals surface area contributed by atoms with Gasteiger partial charge in [-0.25, -0.2) is 10.3 Å². The van der Waals surface area contributed by atoms with E-state index in [0.29, 0.717) is 13.2 Å². The third-order valence-corrected chi connectivity index (χ3v) is 2.19. The van der Waals surface area contributed by atoms with Gasteiger partial charge < -0.3 is 14.8 Å². The summed E-state index contributed by atoms with van der Waals surface area (Å²) in [4.78, 5) is 27.1. The monoisotopic (exact) mass is 216 g/mol. The first-order chi connectivity index (χ1) is 7.25. The van der Waals surface area contributed by atoms with Crippen LogP contribution in [0.5, 0.6) is 0 Å². The van der Waals surface area contributed by atoms with Gasteiger partial charge >= 0.3 is 6.09 Å². The molecule has 0 aliphatic carbocycles. The number of nitrogens with one attached hydrogen (secondary N) is 2. The summed E-state index contributed by atoms with van der Waals surface area (Å²) in [5.74, 6) is -0.458. The van der Waals surface area contributed by atoms with Crippen LogP contribution in [0.15, 0.2) is 0 Å². The van der Waals surface area contributed by atoms with Crippen molar-refractivity contribution in [3.63, 3.8) is 0 Å². The van der Waals surface area contributed by atoms with Crippen LogP contribution in [0.3, 0.4) is 0 Å². The number of hydrogen-bond acceptors (Lipinski definition) is 5. The molecule has 2 heterocycles. The summed E-state index contributed by atoms with van der Waals surface area (Å²) in [6.07, 6.45) is -0.749. The maximum atomic E-state index is 11.4. The third-order valence-electron chi connectivity index (χ3n) is 2.19. The maximum Gasteiger partial charge on any atom is 0.408 e. The predicted molar refractivity (Wildman–Crippen MR) is 46.7 cm³/mol. The number of alkyl carbamates (subject to hydrolysis) is 1. The molecule has 2 saturated heterocycles. The van der Waals surface area contributed by atoms with E-state index in [2.05, 4.69) is 15.5 Å². The van der Waals surface area contributed by atoms with E-state index in [1.165, 1.54) is 0 Å². The second-order valence-corrected chi connectivity index (χ2v) is 3.34. The minimum atomic E-state index is -0.806. The molecular formula is C8H12N2O5. The zero-order valence-electron chi connectivity index (χ0n) is 8.02. The van der Waals surface area contributed by atoms with Gasteiger partial charge in [0, 0.05) is 13.0 Å². The Bertz CT molecular complexity index is 264. The zero-order chi connectivity index (χ0) is 10.7. The lowest BCUT2D eigenvalue weighted by atomic mass is 10.3. The van der Waals surface area contributed by atoms with Crippen LogP contribution in [0.1, 0.15) is 6.42 Å². The average molecular weight is 216 g/mol. The Morgan fingerprint density at radius 1 is 1.60 bits per heavy atom. The summed E-state index contributed by atoms with van der Waals surface area (Å²) >= 11 is 0. The van der Waals surface area contributed by atoms with Gasteiger partial charge in [0.2, 0.25) is 6.10 Å². The van der Waals surface area contributed by atoms with Crippen LogP contribution in [0.2, 0.25) is 0 Å². The summed E-state index contributed by atoms with van der Waals surface area (Å²) in [5.41, 5.74) is 2.25. The summed E-state index contributed by atoms with van der Waals surface area (Å²) in [6, 6.07) is 0. The minimum absolute atomic E-state index is 0.112. The van der Waals surface area contributed by atoms with E-state index in [-0.39, 0.29) is 12.6 Å². The number of carbonyl (C=O) groups excluding carboxylic acids is 2. The van der Waals surface area contributed by atoms with Crippen molar-refractivity contribution in [2.24, 2.45) is 0 Å². The second kappa shape index (κ2) is 4.45. The molecule has 7 nitrogen and oxygen atoms in total. The lowest BCUT2D eigenvalue weighted by Gasteiger charge is -2.12. The Hall–Kier alpha value is -1.34. The Morgan fingerprint density at radius 3 is 3.07 bits per heavy atom. The highest BCUT2D eigenvalue weighted by Crippen LogP contribution is 2.07. The van der Waals surface area contributed by atoms with Gasteiger partial charge in [-0.2, -0.15) is 0 Å². The highest BCUT2D eigenvalue weighted by atomic mass is 16.7. The molecule has 0 aromatic carbocycles. The Balaban J connectivity index is 1.70. The van der Waals surface area contributed by atoms with E-state index >= 15 is 0 Å². The molecule has 0 spiro atoms. The van der Waals surface area contributed by atoms with E-state index < -0.39 is 18.1 Å². The van der Waals surface area contributed by atoms with Gasteiger partial charge in [-0.1, -0.05) is 0 Å². The quantitative estimate of drug-likeness (QED) is 0.587. The van der Waals surface area contributed by atoms with Crippen LogP contribution in [0, 0.1) is 0 Å². The molecular weight excluding hydrogens is 204 g/mol. The fourth-order valence-corrected chi connectivity index (χ4v) is 1.35. The molecule has 0 saturated carbocycles. The number of hydrogen-bond donors (Lipinski definition) is 2. The predicted octanol–water partition coefficient (Wildman–Crippen LogP) is -1.07. The molecule has 84 valence electrons. The van der Waals surface area contributed by atoms with Gasteiger partial charge in [-0.15, -0.1) is 0 Å². The van der Waals surface area contributed by atoms with Crippen LogP contribution in [-0.2, 0) is 19.1 Å². The first kappa shape index (κ1) is 10.2. The lowest BCUT2D eigenvalue weighted by Crippen LogP contribution is -2.39. The summed E-state index contributed by atoms with van der Waals surface area (Å²) < 4.78 is 9.72. The van der Waals surface area contributed by atoms with Gasteiger partial charge in [-0.3, -0.25) is 9.63 Å². The molecule has 0 radical (unpaired) electrons. The van der Waals surface area contributed by atoms with E-state index in [1.54, 1.807) is 0 Å². The molecule has 2 aliphatic heterocycles. The van der Waals surface area contributed by atoms with Gasteiger partial charge in [0.1, 0.15) is 6.10 Å². The number of amides is 2. The Morgan fingerprint density at radius 2 is 2.47 bits per heavy atom. The molecule has 0 aromatic heterocycles. The molecule has 2 atom stereocenters.